The summed E-state index contributed by atoms with van der Waals surface area (Å²) < 4.78 is 68.7. The summed E-state index contributed by atoms with van der Waals surface area (Å²) in [5.41, 5.74) is 0. The first-order valence-corrected chi connectivity index (χ1v) is 44.9. The van der Waals surface area contributed by atoms with Gasteiger partial charge in [-0.3, -0.25) is 37.3 Å². The number of unbranched alkanes of at least 4 members (excludes halogenated alkanes) is 46. The fraction of sp³-hybridized carbons (Fsp3) is 0.855. The zero-order chi connectivity index (χ0) is 74.6. The number of rotatable bonds is 80. The number of hydrogen-bond acceptors (Lipinski definition) is 15. The van der Waals surface area contributed by atoms with Crippen molar-refractivity contribution in [3.05, 3.63) is 48.6 Å². The van der Waals surface area contributed by atoms with Crippen molar-refractivity contribution in [1.82, 2.24) is 0 Å². The van der Waals surface area contributed by atoms with Gasteiger partial charge in [0.2, 0.25) is 0 Å². The van der Waals surface area contributed by atoms with E-state index in [0.717, 1.165) is 135 Å². The highest BCUT2D eigenvalue weighted by molar-refractivity contribution is 7.47. The van der Waals surface area contributed by atoms with E-state index in [9.17, 15) is 43.2 Å². The highest BCUT2D eigenvalue weighted by Gasteiger charge is 2.30. The van der Waals surface area contributed by atoms with E-state index in [-0.39, 0.29) is 25.7 Å². The van der Waals surface area contributed by atoms with Crippen molar-refractivity contribution < 1.29 is 80.2 Å². The Morgan fingerprint density at radius 3 is 0.784 bits per heavy atom. The lowest BCUT2D eigenvalue weighted by atomic mass is 10.0. The van der Waals surface area contributed by atoms with Crippen molar-refractivity contribution >= 4 is 39.5 Å². The van der Waals surface area contributed by atoms with Crippen LogP contribution in [-0.4, -0.2) is 96.7 Å². The number of esters is 4. The van der Waals surface area contributed by atoms with Gasteiger partial charge in [-0.25, -0.2) is 9.13 Å². The molecule has 0 aromatic heterocycles. The van der Waals surface area contributed by atoms with Crippen LogP contribution in [0.1, 0.15) is 400 Å². The molecular formula is C83H154O17P2. The third-order valence-electron chi connectivity index (χ3n) is 18.3. The highest BCUT2D eigenvalue weighted by atomic mass is 31.2. The Bertz CT molecular complexity index is 2120. The molecule has 0 bridgehead atoms. The molecule has 0 amide bonds. The molecule has 0 saturated carbocycles. The molecule has 0 fully saturated rings. The zero-order valence-electron chi connectivity index (χ0n) is 65.6. The van der Waals surface area contributed by atoms with E-state index in [2.05, 4.69) is 76.3 Å². The lowest BCUT2D eigenvalue weighted by Crippen LogP contribution is -2.30. The number of allylic oxidation sites excluding steroid dienone is 8. The monoisotopic (exact) mass is 1490 g/mol. The van der Waals surface area contributed by atoms with Gasteiger partial charge < -0.3 is 33.8 Å². The Labute approximate surface area is 623 Å². The molecule has 0 radical (unpaired) electrons. The largest absolute Gasteiger partial charge is 0.472 e. The fourth-order valence-corrected chi connectivity index (χ4v) is 13.6. The molecule has 0 aliphatic carbocycles. The lowest BCUT2D eigenvalue weighted by Gasteiger charge is -2.21. The first kappa shape index (κ1) is 99.0. The topological polar surface area (TPSA) is 237 Å². The van der Waals surface area contributed by atoms with Crippen LogP contribution in [-0.2, 0) is 65.4 Å². The summed E-state index contributed by atoms with van der Waals surface area (Å²) in [7, 11) is -9.94. The molecule has 19 heteroatoms. The van der Waals surface area contributed by atoms with Crippen LogP contribution in [0.4, 0.5) is 0 Å². The predicted octanol–water partition coefficient (Wildman–Crippen LogP) is 24.5. The molecule has 3 N–H and O–H groups in total. The van der Waals surface area contributed by atoms with Gasteiger partial charge >= 0.3 is 39.5 Å². The summed E-state index contributed by atoms with van der Waals surface area (Å²) in [6.07, 6.45) is 75.0. The van der Waals surface area contributed by atoms with Gasteiger partial charge in [0.1, 0.15) is 19.3 Å². The van der Waals surface area contributed by atoms with Crippen LogP contribution in [0.25, 0.3) is 0 Å². The highest BCUT2D eigenvalue weighted by Crippen LogP contribution is 2.45. The molecule has 0 rings (SSSR count). The molecule has 0 aromatic carbocycles. The van der Waals surface area contributed by atoms with E-state index in [1.807, 2.05) is 0 Å². The van der Waals surface area contributed by atoms with Crippen molar-refractivity contribution in [2.75, 3.05) is 39.6 Å². The summed E-state index contributed by atoms with van der Waals surface area (Å²) in [5, 5.41) is 10.7. The zero-order valence-corrected chi connectivity index (χ0v) is 67.3. The number of carbonyl (C=O) groups is 4. The predicted molar refractivity (Wildman–Crippen MR) is 418 cm³/mol. The molecule has 5 unspecified atom stereocenters. The lowest BCUT2D eigenvalue weighted by molar-refractivity contribution is -0.161. The Hall–Kier alpha value is -2.98. The minimum atomic E-state index is -4.97. The quantitative estimate of drug-likeness (QED) is 0.0169. The summed E-state index contributed by atoms with van der Waals surface area (Å²) in [6.45, 7) is 4.86. The number of phosphoric acid groups is 2. The van der Waals surface area contributed by atoms with Crippen molar-refractivity contribution in [2.24, 2.45) is 0 Å². The molecule has 598 valence electrons. The molecule has 0 aliphatic heterocycles. The van der Waals surface area contributed by atoms with Crippen LogP contribution in [0.3, 0.4) is 0 Å². The number of phosphoric ester groups is 2. The number of carbonyl (C=O) groups excluding carboxylic acids is 4. The van der Waals surface area contributed by atoms with E-state index >= 15 is 0 Å². The van der Waals surface area contributed by atoms with Gasteiger partial charge in [-0.2, -0.15) is 0 Å². The maximum Gasteiger partial charge on any atom is 0.472 e. The maximum atomic E-state index is 13.1. The standard InChI is InChI=1S/C83H154O17P2/c1-5-9-13-17-21-25-29-33-36-37-38-39-42-45-48-52-56-60-64-68-81(86)94-73-78(99-82(87)69-65-61-57-53-49-43-32-28-24-20-16-12-8-4)75-97-101(89,90)95-71-77(84)72-96-102(91,92)98-76-79(100-83(88)70-66-62-58-54-50-46-41-35-31-27-23-19-15-11-7-3)74-93-80(85)67-63-59-55-51-47-44-40-34-30-26-22-18-14-10-6-2/h9,13,21,25,33,36,38-39,77-79,84H,5-8,10-12,14-20,22-24,26-32,34-35,37,40-76H2,1-4H3,(H,89,90)(H,91,92)/b13-9-,25-21-,36-33-,39-38-. The van der Waals surface area contributed by atoms with Crippen molar-refractivity contribution in [2.45, 2.75) is 418 Å². The summed E-state index contributed by atoms with van der Waals surface area (Å²) in [6, 6.07) is 0. The Balaban J connectivity index is 5.29. The Kier molecular flexibility index (Phi) is 74.0. The Morgan fingerprint density at radius 2 is 0.510 bits per heavy atom. The average molecular weight is 1490 g/mol. The minimum absolute atomic E-state index is 0.0992. The molecule has 0 aliphatic rings. The van der Waals surface area contributed by atoms with E-state index < -0.39 is 97.5 Å². The molecule has 0 heterocycles. The fourth-order valence-electron chi connectivity index (χ4n) is 12.0. The van der Waals surface area contributed by atoms with Crippen molar-refractivity contribution in [3.63, 3.8) is 0 Å². The summed E-state index contributed by atoms with van der Waals surface area (Å²) >= 11 is 0. The molecule has 102 heavy (non-hydrogen) atoms. The Morgan fingerprint density at radius 1 is 0.284 bits per heavy atom. The van der Waals surface area contributed by atoms with Crippen molar-refractivity contribution in [1.29, 1.82) is 0 Å². The SMILES string of the molecule is CC/C=C\C/C=C\C/C=C\C/C=C\CCCCCCCCC(=O)OCC(COP(=O)(O)OCC(O)COP(=O)(O)OCC(COC(=O)CCCCCCCCCCCCCCCCC)OC(=O)CCCCCCCCCCCCCCCCC)OC(=O)CCCCCCCCCCCCCCC. The summed E-state index contributed by atoms with van der Waals surface area (Å²) in [5.74, 6) is -2.14. The second kappa shape index (κ2) is 76.2. The smallest absolute Gasteiger partial charge is 0.462 e. The third-order valence-corrected chi connectivity index (χ3v) is 20.2. The number of hydrogen-bond donors (Lipinski definition) is 3. The molecule has 5 atom stereocenters. The van der Waals surface area contributed by atoms with Gasteiger partial charge in [-0.05, 0) is 64.2 Å². The molecule has 0 saturated heterocycles. The van der Waals surface area contributed by atoms with Gasteiger partial charge in [0.15, 0.2) is 12.2 Å². The van der Waals surface area contributed by atoms with Crippen LogP contribution in [0.15, 0.2) is 48.6 Å². The molecule has 17 nitrogen and oxygen atoms in total. The first-order valence-electron chi connectivity index (χ1n) is 41.9. The van der Waals surface area contributed by atoms with Gasteiger partial charge in [-0.1, -0.05) is 359 Å². The van der Waals surface area contributed by atoms with Crippen LogP contribution in [0, 0.1) is 0 Å². The summed E-state index contributed by atoms with van der Waals surface area (Å²) in [4.78, 5) is 73.1. The van der Waals surface area contributed by atoms with Crippen LogP contribution in [0.5, 0.6) is 0 Å². The second-order valence-electron chi connectivity index (χ2n) is 28.4. The van der Waals surface area contributed by atoms with Crippen LogP contribution >= 0.6 is 15.6 Å². The third kappa shape index (κ3) is 75.3. The van der Waals surface area contributed by atoms with E-state index in [1.165, 1.54) is 186 Å². The van der Waals surface area contributed by atoms with Gasteiger partial charge in [-0.15, -0.1) is 0 Å². The van der Waals surface area contributed by atoms with E-state index in [0.29, 0.717) is 25.7 Å². The molecular weight excluding hydrogens is 1330 g/mol. The average Bonchev–Trinajstić information content (AvgIpc) is 0.908. The van der Waals surface area contributed by atoms with Gasteiger partial charge in [0.05, 0.1) is 26.4 Å². The van der Waals surface area contributed by atoms with Gasteiger partial charge in [0, 0.05) is 25.7 Å². The van der Waals surface area contributed by atoms with Gasteiger partial charge in [0.25, 0.3) is 0 Å². The second-order valence-corrected chi connectivity index (χ2v) is 31.3. The maximum absolute atomic E-state index is 13.1. The normalized spacial score (nSPS) is 14.1. The molecule has 0 spiro atoms. The van der Waals surface area contributed by atoms with E-state index in [4.69, 9.17) is 37.0 Å². The number of aliphatic hydroxyl groups is 1. The number of aliphatic hydroxyl groups excluding tert-OH is 1. The van der Waals surface area contributed by atoms with Crippen molar-refractivity contribution in [3.8, 4) is 0 Å². The van der Waals surface area contributed by atoms with Crippen LogP contribution < -0.4 is 0 Å². The van der Waals surface area contributed by atoms with Crippen LogP contribution in [0.2, 0.25) is 0 Å². The number of ether oxygens (including phenoxy) is 4. The first-order chi connectivity index (χ1) is 49.7. The minimum Gasteiger partial charge on any atom is -0.462 e. The van der Waals surface area contributed by atoms with E-state index in [1.54, 1.807) is 0 Å². The molecule has 0 aromatic rings.